The Morgan fingerprint density at radius 1 is 1.32 bits per heavy atom. The number of rotatable bonds is 6. The van der Waals surface area contributed by atoms with Crippen LogP contribution in [-0.2, 0) is 4.79 Å². The third kappa shape index (κ3) is 4.08. The van der Waals surface area contributed by atoms with Gasteiger partial charge in [0.1, 0.15) is 4.83 Å². The van der Waals surface area contributed by atoms with Crippen LogP contribution in [0.1, 0.15) is 35.3 Å². The van der Waals surface area contributed by atoms with Crippen molar-refractivity contribution in [3.05, 3.63) is 39.7 Å². The zero-order valence-electron chi connectivity index (χ0n) is 15.2. The second-order valence-corrected chi connectivity index (χ2v) is 9.12. The van der Waals surface area contributed by atoms with Crippen molar-refractivity contribution in [3.63, 3.8) is 0 Å². The number of nitrogens with zero attached hydrogens (tertiary/aromatic N) is 3. The van der Waals surface area contributed by atoms with E-state index in [1.54, 1.807) is 29.9 Å². The number of carbonyl (C=O) groups excluding carboxylic acids is 2. The van der Waals surface area contributed by atoms with Crippen LogP contribution in [0, 0.1) is 6.92 Å². The van der Waals surface area contributed by atoms with Crippen molar-refractivity contribution in [2.45, 2.75) is 32.2 Å². The van der Waals surface area contributed by atoms with E-state index in [-0.39, 0.29) is 18.4 Å². The summed E-state index contributed by atoms with van der Waals surface area (Å²) in [6, 6.07) is 2.16. The molecule has 3 aromatic heterocycles. The Bertz CT molecular complexity index is 1040. The minimum absolute atomic E-state index is 0.128. The first-order valence-electron chi connectivity index (χ1n) is 8.93. The maximum Gasteiger partial charge on any atom is 0.260 e. The van der Waals surface area contributed by atoms with Crippen molar-refractivity contribution in [1.29, 1.82) is 0 Å². The highest BCUT2D eigenvalue weighted by Crippen LogP contribution is 2.27. The number of pyridine rings is 1. The smallest absolute Gasteiger partial charge is 0.260 e. The zero-order valence-corrected chi connectivity index (χ0v) is 17.6. The molecular formula is C18H19BrN6O2S. The fourth-order valence-corrected chi connectivity index (χ4v) is 4.33. The average Bonchev–Trinajstić information content (AvgIpc) is 3.15. The fourth-order valence-electron chi connectivity index (χ4n) is 2.89. The molecule has 1 aliphatic rings. The maximum absolute atomic E-state index is 12.7. The molecule has 1 fully saturated rings. The number of fused-ring (bicyclic) bond motifs is 1. The molecule has 0 aromatic carbocycles. The molecule has 0 atom stereocenters. The molecular weight excluding hydrogens is 444 g/mol. The Labute approximate surface area is 173 Å². The van der Waals surface area contributed by atoms with Crippen LogP contribution in [0.5, 0.6) is 0 Å². The Morgan fingerprint density at radius 3 is 2.89 bits per heavy atom. The van der Waals surface area contributed by atoms with Crippen LogP contribution < -0.4 is 16.0 Å². The molecule has 0 radical (unpaired) electrons. The third-order valence-corrected chi connectivity index (χ3v) is 6.28. The summed E-state index contributed by atoms with van der Waals surface area (Å²) in [4.78, 5) is 29.8. The topological polar surface area (TPSA) is 100 Å². The highest BCUT2D eigenvalue weighted by molar-refractivity contribution is 9.11. The molecule has 1 saturated carbocycles. The van der Waals surface area contributed by atoms with Gasteiger partial charge in [0.25, 0.3) is 5.91 Å². The highest BCUT2D eigenvalue weighted by atomic mass is 79.9. The SMILES string of the molecule is Cc1ncc(NC(=O)CNC2CCC2)cc1NC(=O)c1cnn2cc(Br)sc12. The highest BCUT2D eigenvalue weighted by Gasteiger charge is 2.18. The molecule has 4 rings (SSSR count). The van der Waals surface area contributed by atoms with Crippen LogP contribution in [0.15, 0.2) is 28.4 Å². The van der Waals surface area contributed by atoms with Gasteiger partial charge in [0, 0.05) is 6.04 Å². The molecule has 3 N–H and O–H groups in total. The molecule has 0 unspecified atom stereocenters. The van der Waals surface area contributed by atoms with E-state index in [0.29, 0.717) is 28.7 Å². The molecule has 0 saturated heterocycles. The Kier molecular flexibility index (Phi) is 5.42. The number of thiazole rings is 1. The Morgan fingerprint density at radius 2 is 2.14 bits per heavy atom. The van der Waals surface area contributed by atoms with E-state index >= 15 is 0 Å². The molecule has 10 heteroatoms. The lowest BCUT2D eigenvalue weighted by Gasteiger charge is -2.26. The first-order valence-corrected chi connectivity index (χ1v) is 10.5. The second kappa shape index (κ2) is 7.98. The summed E-state index contributed by atoms with van der Waals surface area (Å²) in [6.45, 7) is 2.07. The quantitative estimate of drug-likeness (QED) is 0.522. The lowest BCUT2D eigenvalue weighted by atomic mass is 9.93. The van der Waals surface area contributed by atoms with Crippen LogP contribution in [0.2, 0.25) is 0 Å². The van der Waals surface area contributed by atoms with E-state index in [4.69, 9.17) is 0 Å². The monoisotopic (exact) mass is 462 g/mol. The number of aromatic nitrogens is 3. The molecule has 1 aliphatic carbocycles. The summed E-state index contributed by atoms with van der Waals surface area (Å²) >= 11 is 4.83. The van der Waals surface area contributed by atoms with Gasteiger partial charge in [-0.25, -0.2) is 4.52 Å². The summed E-state index contributed by atoms with van der Waals surface area (Å²) in [6.07, 6.45) is 8.39. The predicted octanol–water partition coefficient (Wildman–Crippen LogP) is 3.19. The Hall–Kier alpha value is -2.30. The van der Waals surface area contributed by atoms with Gasteiger partial charge in [-0.1, -0.05) is 6.42 Å². The van der Waals surface area contributed by atoms with E-state index in [1.165, 1.54) is 24.0 Å². The average molecular weight is 463 g/mol. The Balaban J connectivity index is 1.44. The van der Waals surface area contributed by atoms with Crippen molar-refractivity contribution in [2.24, 2.45) is 0 Å². The van der Waals surface area contributed by atoms with Crippen LogP contribution in [-0.4, -0.2) is 39.0 Å². The normalized spacial score (nSPS) is 14.1. The molecule has 3 aromatic rings. The minimum atomic E-state index is -0.274. The number of halogens is 1. The number of aryl methyl sites for hydroxylation is 1. The molecule has 146 valence electrons. The molecule has 3 heterocycles. The van der Waals surface area contributed by atoms with Crippen molar-refractivity contribution in [1.82, 2.24) is 19.9 Å². The van der Waals surface area contributed by atoms with E-state index < -0.39 is 0 Å². The van der Waals surface area contributed by atoms with Gasteiger partial charge >= 0.3 is 0 Å². The van der Waals surface area contributed by atoms with Gasteiger partial charge in [-0.15, -0.1) is 11.3 Å². The number of hydrogen-bond donors (Lipinski definition) is 3. The summed E-state index contributed by atoms with van der Waals surface area (Å²) in [5, 5.41) is 13.1. The minimum Gasteiger partial charge on any atom is -0.324 e. The molecule has 8 nitrogen and oxygen atoms in total. The first kappa shape index (κ1) is 19.0. The number of anilines is 2. The van der Waals surface area contributed by atoms with Gasteiger partial charge in [0.15, 0.2) is 0 Å². The summed E-state index contributed by atoms with van der Waals surface area (Å²) < 4.78 is 2.54. The van der Waals surface area contributed by atoms with Gasteiger partial charge in [0.2, 0.25) is 5.91 Å². The van der Waals surface area contributed by atoms with Crippen molar-refractivity contribution in [3.8, 4) is 0 Å². The number of nitrogens with one attached hydrogen (secondary N) is 3. The summed E-state index contributed by atoms with van der Waals surface area (Å²) in [5.74, 6) is -0.402. The van der Waals surface area contributed by atoms with Crippen LogP contribution in [0.3, 0.4) is 0 Å². The third-order valence-electron chi connectivity index (χ3n) is 4.69. The van der Waals surface area contributed by atoms with E-state index in [0.717, 1.165) is 21.5 Å². The predicted molar refractivity (Wildman–Crippen MR) is 112 cm³/mol. The van der Waals surface area contributed by atoms with E-state index in [1.807, 2.05) is 0 Å². The fraction of sp³-hybridized carbons (Fsp3) is 0.333. The van der Waals surface area contributed by atoms with E-state index in [9.17, 15) is 9.59 Å². The molecule has 28 heavy (non-hydrogen) atoms. The van der Waals surface area contributed by atoms with Gasteiger partial charge in [0.05, 0.1) is 51.6 Å². The molecule has 0 spiro atoms. The number of carbonyl (C=O) groups is 2. The number of amides is 2. The molecule has 2 amide bonds. The van der Waals surface area contributed by atoms with Crippen LogP contribution in [0.25, 0.3) is 4.83 Å². The van der Waals surface area contributed by atoms with Crippen LogP contribution in [0.4, 0.5) is 11.4 Å². The second-order valence-electron chi connectivity index (χ2n) is 6.71. The van der Waals surface area contributed by atoms with Gasteiger partial charge in [-0.3, -0.25) is 14.6 Å². The zero-order chi connectivity index (χ0) is 19.7. The lowest BCUT2D eigenvalue weighted by Crippen LogP contribution is -2.40. The van der Waals surface area contributed by atoms with Gasteiger partial charge in [-0.05, 0) is 41.8 Å². The van der Waals surface area contributed by atoms with E-state index in [2.05, 4.69) is 42.0 Å². The van der Waals surface area contributed by atoms with Crippen LogP contribution >= 0.6 is 27.3 Å². The largest absolute Gasteiger partial charge is 0.324 e. The maximum atomic E-state index is 12.7. The first-order chi connectivity index (χ1) is 13.5. The van der Waals surface area contributed by atoms with Crippen molar-refractivity contribution >= 4 is 55.3 Å². The van der Waals surface area contributed by atoms with Gasteiger partial charge in [-0.2, -0.15) is 5.10 Å². The lowest BCUT2D eigenvalue weighted by molar-refractivity contribution is -0.115. The molecule has 0 bridgehead atoms. The summed E-state index contributed by atoms with van der Waals surface area (Å²) in [7, 11) is 0. The van der Waals surface area contributed by atoms with Crippen molar-refractivity contribution in [2.75, 3.05) is 17.2 Å². The van der Waals surface area contributed by atoms with Crippen molar-refractivity contribution < 1.29 is 9.59 Å². The molecule has 0 aliphatic heterocycles. The standard InChI is InChI=1S/C18H19BrN6O2S/c1-10-14(24-17(27)13-7-22-25-9-15(19)28-18(13)25)5-12(6-20-10)23-16(26)8-21-11-3-2-4-11/h5-7,9,11,21H,2-4,8H2,1H3,(H,23,26)(H,24,27). The summed E-state index contributed by atoms with van der Waals surface area (Å²) in [5.41, 5.74) is 2.23. The van der Waals surface area contributed by atoms with Gasteiger partial charge < -0.3 is 16.0 Å². The number of hydrogen-bond acceptors (Lipinski definition) is 6.